The van der Waals surface area contributed by atoms with Gasteiger partial charge in [0.1, 0.15) is 0 Å². The van der Waals surface area contributed by atoms with Gasteiger partial charge in [-0.25, -0.2) is 0 Å². The molecule has 1 aliphatic heterocycles. The zero-order chi connectivity index (χ0) is 11.3. The molecule has 1 aromatic carbocycles. The van der Waals surface area contributed by atoms with Crippen molar-refractivity contribution in [1.29, 1.82) is 0 Å². The number of carbonyl (C=O) groups is 1. The van der Waals surface area contributed by atoms with E-state index in [4.69, 9.17) is 24.5 Å². The number of hydrogen-bond acceptors (Lipinski definition) is 4. The molecule has 5 nitrogen and oxygen atoms in total. The van der Waals surface area contributed by atoms with E-state index in [1.807, 2.05) is 6.07 Å². The van der Waals surface area contributed by atoms with Gasteiger partial charge >= 0.3 is 0 Å². The second-order valence-corrected chi connectivity index (χ2v) is 2.86. The van der Waals surface area contributed by atoms with Crippen molar-refractivity contribution in [1.82, 2.24) is 0 Å². The fourth-order valence-electron chi connectivity index (χ4n) is 1.04. The first-order chi connectivity index (χ1) is 7.13. The molecular formula is C10H12O5. The summed E-state index contributed by atoms with van der Waals surface area (Å²) in [6.45, 7) is 1.40. The lowest BCUT2D eigenvalue weighted by Crippen LogP contribution is -1.92. The van der Waals surface area contributed by atoms with Crippen LogP contribution in [0.1, 0.15) is 12.5 Å². The minimum absolute atomic E-state index is 0.0383. The highest BCUT2D eigenvalue weighted by Gasteiger charge is 2.12. The van der Waals surface area contributed by atoms with Gasteiger partial charge in [-0.3, -0.25) is 4.79 Å². The first-order valence-corrected chi connectivity index (χ1v) is 4.32. The number of carboxylic acids is 1. The summed E-state index contributed by atoms with van der Waals surface area (Å²) in [4.78, 5) is 9.00. The Balaban J connectivity index is 0.000000245. The molecule has 1 aromatic rings. The summed E-state index contributed by atoms with van der Waals surface area (Å²) in [6.07, 6.45) is 0. The lowest BCUT2D eigenvalue weighted by molar-refractivity contribution is -0.134. The van der Waals surface area contributed by atoms with E-state index in [1.165, 1.54) is 0 Å². The van der Waals surface area contributed by atoms with Crippen LogP contribution in [-0.2, 0) is 11.4 Å². The van der Waals surface area contributed by atoms with Crippen LogP contribution in [0.2, 0.25) is 0 Å². The highest BCUT2D eigenvalue weighted by atomic mass is 16.7. The largest absolute Gasteiger partial charge is 0.481 e. The summed E-state index contributed by atoms with van der Waals surface area (Å²) in [5, 5.41) is 16.2. The smallest absolute Gasteiger partial charge is 0.300 e. The molecule has 0 atom stereocenters. The van der Waals surface area contributed by atoms with Crippen LogP contribution in [0.15, 0.2) is 18.2 Å². The average molecular weight is 212 g/mol. The molecule has 0 bridgehead atoms. The third-order valence-corrected chi connectivity index (χ3v) is 1.62. The fraction of sp³-hybridized carbons (Fsp3) is 0.300. The summed E-state index contributed by atoms with van der Waals surface area (Å²) in [6, 6.07) is 5.39. The monoisotopic (exact) mass is 212 g/mol. The maximum absolute atomic E-state index is 9.00. The van der Waals surface area contributed by atoms with Crippen LogP contribution in [0.5, 0.6) is 11.5 Å². The number of carboxylic acid groups (broad SMARTS) is 1. The van der Waals surface area contributed by atoms with Crippen molar-refractivity contribution in [3.63, 3.8) is 0 Å². The van der Waals surface area contributed by atoms with Crippen molar-refractivity contribution in [2.75, 3.05) is 6.79 Å². The Labute approximate surface area is 86.9 Å². The zero-order valence-electron chi connectivity index (χ0n) is 8.27. The Morgan fingerprint density at radius 3 is 2.60 bits per heavy atom. The molecule has 0 saturated heterocycles. The summed E-state index contributed by atoms with van der Waals surface area (Å²) >= 11 is 0. The SMILES string of the molecule is CC(=O)O.OCc1ccc2c(c1)OCO2. The van der Waals surface area contributed by atoms with Crippen LogP contribution in [0.3, 0.4) is 0 Å². The van der Waals surface area contributed by atoms with Gasteiger partial charge in [0.05, 0.1) is 6.61 Å². The highest BCUT2D eigenvalue weighted by Crippen LogP contribution is 2.32. The second-order valence-electron chi connectivity index (χ2n) is 2.86. The Bertz CT molecular complexity index is 344. The number of aliphatic hydroxyl groups is 1. The summed E-state index contributed by atoms with van der Waals surface area (Å²) in [5.41, 5.74) is 0.842. The minimum atomic E-state index is -0.833. The highest BCUT2D eigenvalue weighted by molar-refractivity contribution is 5.62. The predicted molar refractivity (Wildman–Crippen MR) is 51.8 cm³/mol. The maximum atomic E-state index is 9.00. The Morgan fingerprint density at radius 1 is 1.40 bits per heavy atom. The number of aliphatic carboxylic acids is 1. The number of rotatable bonds is 1. The van der Waals surface area contributed by atoms with Crippen molar-refractivity contribution in [3.05, 3.63) is 23.8 Å². The average Bonchev–Trinajstić information content (AvgIpc) is 2.63. The molecule has 1 aliphatic rings. The standard InChI is InChI=1S/C8H8O3.C2H4O2/c9-4-6-1-2-7-8(3-6)11-5-10-7;1-2(3)4/h1-3,9H,4-5H2;1H3,(H,3,4). The summed E-state index contributed by atoms with van der Waals surface area (Å²) in [7, 11) is 0. The van der Waals surface area contributed by atoms with Gasteiger partial charge in [-0.2, -0.15) is 0 Å². The van der Waals surface area contributed by atoms with Gasteiger partial charge in [-0.05, 0) is 17.7 Å². The Hall–Kier alpha value is -1.75. The zero-order valence-corrected chi connectivity index (χ0v) is 8.27. The van der Waals surface area contributed by atoms with Crippen molar-refractivity contribution in [3.8, 4) is 11.5 Å². The molecule has 0 amide bonds. The molecular weight excluding hydrogens is 200 g/mol. The van der Waals surface area contributed by atoms with Crippen LogP contribution >= 0.6 is 0 Å². The Kier molecular flexibility index (Phi) is 3.93. The lowest BCUT2D eigenvalue weighted by atomic mass is 10.2. The molecule has 1 heterocycles. The molecule has 0 unspecified atom stereocenters. The quantitative estimate of drug-likeness (QED) is 0.726. The van der Waals surface area contributed by atoms with Gasteiger partial charge in [0.15, 0.2) is 11.5 Å². The molecule has 2 rings (SSSR count). The Morgan fingerprint density at radius 2 is 2.00 bits per heavy atom. The van der Waals surface area contributed by atoms with Gasteiger partial charge in [0, 0.05) is 6.92 Å². The number of ether oxygens (including phenoxy) is 2. The van der Waals surface area contributed by atoms with Gasteiger partial charge in [-0.1, -0.05) is 6.07 Å². The van der Waals surface area contributed by atoms with Crippen molar-refractivity contribution in [2.24, 2.45) is 0 Å². The van der Waals surface area contributed by atoms with Gasteiger partial charge < -0.3 is 19.7 Å². The number of benzene rings is 1. The molecule has 5 heteroatoms. The van der Waals surface area contributed by atoms with Crippen LogP contribution in [0.25, 0.3) is 0 Å². The number of hydrogen-bond donors (Lipinski definition) is 2. The third kappa shape index (κ3) is 3.47. The van der Waals surface area contributed by atoms with E-state index in [1.54, 1.807) is 12.1 Å². The number of aliphatic hydroxyl groups excluding tert-OH is 1. The van der Waals surface area contributed by atoms with E-state index in [-0.39, 0.29) is 13.4 Å². The maximum Gasteiger partial charge on any atom is 0.300 e. The topological polar surface area (TPSA) is 76.0 Å². The van der Waals surface area contributed by atoms with E-state index in [2.05, 4.69) is 0 Å². The molecule has 0 spiro atoms. The van der Waals surface area contributed by atoms with E-state index >= 15 is 0 Å². The molecule has 2 N–H and O–H groups in total. The van der Waals surface area contributed by atoms with Crippen molar-refractivity contribution in [2.45, 2.75) is 13.5 Å². The van der Waals surface area contributed by atoms with Gasteiger partial charge in [0.2, 0.25) is 6.79 Å². The summed E-state index contributed by atoms with van der Waals surface area (Å²) in [5.74, 6) is 0.638. The molecule has 0 radical (unpaired) electrons. The molecule has 0 saturated carbocycles. The second kappa shape index (κ2) is 5.21. The van der Waals surface area contributed by atoms with E-state index in [0.29, 0.717) is 0 Å². The van der Waals surface area contributed by atoms with E-state index in [0.717, 1.165) is 24.0 Å². The first kappa shape index (κ1) is 11.3. The number of fused-ring (bicyclic) bond motifs is 1. The van der Waals surface area contributed by atoms with E-state index in [9.17, 15) is 0 Å². The third-order valence-electron chi connectivity index (χ3n) is 1.62. The molecule has 0 fully saturated rings. The fourth-order valence-corrected chi connectivity index (χ4v) is 1.04. The van der Waals surface area contributed by atoms with Crippen LogP contribution in [-0.4, -0.2) is 23.0 Å². The first-order valence-electron chi connectivity index (χ1n) is 4.32. The normalized spacial score (nSPS) is 11.6. The van der Waals surface area contributed by atoms with Crippen LogP contribution in [0.4, 0.5) is 0 Å². The van der Waals surface area contributed by atoms with E-state index < -0.39 is 5.97 Å². The minimum Gasteiger partial charge on any atom is -0.481 e. The van der Waals surface area contributed by atoms with Crippen molar-refractivity contribution < 1.29 is 24.5 Å². The predicted octanol–water partition coefficient (Wildman–Crippen LogP) is 0.998. The van der Waals surface area contributed by atoms with Gasteiger partial charge in [-0.15, -0.1) is 0 Å². The van der Waals surface area contributed by atoms with Crippen molar-refractivity contribution >= 4 is 5.97 Å². The molecule has 0 aromatic heterocycles. The molecule has 82 valence electrons. The van der Waals surface area contributed by atoms with Gasteiger partial charge in [0.25, 0.3) is 5.97 Å². The van der Waals surface area contributed by atoms with Crippen LogP contribution < -0.4 is 9.47 Å². The molecule has 15 heavy (non-hydrogen) atoms. The van der Waals surface area contributed by atoms with Crippen LogP contribution in [0, 0.1) is 0 Å². The summed E-state index contributed by atoms with van der Waals surface area (Å²) < 4.78 is 10.2. The lowest BCUT2D eigenvalue weighted by Gasteiger charge is -1.97. The molecule has 0 aliphatic carbocycles.